The fourth-order valence-electron chi connectivity index (χ4n) is 4.48. The first-order valence-corrected chi connectivity index (χ1v) is 12.5. The zero-order chi connectivity index (χ0) is 25.8. The second-order valence-corrected chi connectivity index (χ2v) is 9.31. The summed E-state index contributed by atoms with van der Waals surface area (Å²) < 4.78 is 21.7. The van der Waals surface area contributed by atoms with Gasteiger partial charge in [0, 0.05) is 18.4 Å². The summed E-state index contributed by atoms with van der Waals surface area (Å²) in [6.45, 7) is 2.89. The van der Waals surface area contributed by atoms with Crippen LogP contribution in [0.1, 0.15) is 33.6 Å². The van der Waals surface area contributed by atoms with Gasteiger partial charge in [-0.05, 0) is 43.1 Å². The molecule has 188 valence electrons. The first kappa shape index (κ1) is 24.6. The maximum Gasteiger partial charge on any atom is 0.359 e. The van der Waals surface area contributed by atoms with E-state index in [1.54, 1.807) is 22.9 Å². The van der Waals surface area contributed by atoms with Crippen LogP contribution in [0.3, 0.4) is 0 Å². The third-order valence-electron chi connectivity index (χ3n) is 6.47. The number of rotatable bonds is 9. The Balaban J connectivity index is 1.43. The van der Waals surface area contributed by atoms with E-state index >= 15 is 0 Å². The molecule has 1 unspecified atom stereocenters. The molecule has 0 amide bonds. The van der Waals surface area contributed by atoms with Crippen LogP contribution in [-0.4, -0.2) is 30.1 Å². The zero-order valence-electron chi connectivity index (χ0n) is 20.8. The molecule has 0 aliphatic carbocycles. The molecule has 37 heavy (non-hydrogen) atoms. The molecule has 0 saturated heterocycles. The smallest absolute Gasteiger partial charge is 0.359 e. The number of nitrogens with two attached hydrogens (primary N) is 1. The van der Waals surface area contributed by atoms with Crippen LogP contribution >= 0.6 is 0 Å². The number of carbonyl (C=O) groups excluding carboxylic acids is 1. The van der Waals surface area contributed by atoms with E-state index in [9.17, 15) is 9.18 Å². The van der Waals surface area contributed by atoms with Crippen LogP contribution in [0.2, 0.25) is 0 Å². The number of carbonyl (C=O) groups is 1. The summed E-state index contributed by atoms with van der Waals surface area (Å²) in [5.41, 5.74) is 10.9. The number of aryl methyl sites for hydroxylation is 1. The van der Waals surface area contributed by atoms with E-state index in [1.807, 2.05) is 61.5 Å². The van der Waals surface area contributed by atoms with Gasteiger partial charge in [0.05, 0.1) is 6.61 Å². The van der Waals surface area contributed by atoms with Gasteiger partial charge in [-0.25, -0.2) is 14.2 Å². The number of nitrogens with one attached hydrogen (secondary N) is 1. The van der Waals surface area contributed by atoms with Crippen molar-refractivity contribution < 1.29 is 18.5 Å². The number of fused-ring (bicyclic) bond motifs is 1. The van der Waals surface area contributed by atoms with E-state index in [1.165, 1.54) is 6.07 Å². The molecule has 1 atom stereocenters. The van der Waals surface area contributed by atoms with Crippen molar-refractivity contribution in [3.63, 3.8) is 0 Å². The van der Waals surface area contributed by atoms with E-state index in [0.717, 1.165) is 28.1 Å². The molecular weight excluding hydrogens is 467 g/mol. The molecule has 0 bridgehead atoms. The molecule has 0 saturated carbocycles. The highest BCUT2D eigenvalue weighted by Gasteiger charge is 2.41. The molecule has 6 nitrogen and oxygen atoms in total. The molecule has 3 aromatic carbocycles. The average Bonchev–Trinajstić information content (AvgIpc) is 3.22. The second-order valence-electron chi connectivity index (χ2n) is 9.31. The molecule has 1 aliphatic rings. The molecule has 5 rings (SSSR count). The number of anilines is 1. The van der Waals surface area contributed by atoms with E-state index in [2.05, 4.69) is 5.32 Å². The van der Waals surface area contributed by atoms with Crippen LogP contribution in [0.25, 0.3) is 11.3 Å². The lowest BCUT2D eigenvalue weighted by Crippen LogP contribution is -2.44. The first-order valence-electron chi connectivity index (χ1n) is 12.5. The zero-order valence-corrected chi connectivity index (χ0v) is 20.8. The van der Waals surface area contributed by atoms with Crippen molar-refractivity contribution in [1.82, 2.24) is 4.98 Å². The Morgan fingerprint density at radius 1 is 1.05 bits per heavy atom. The summed E-state index contributed by atoms with van der Waals surface area (Å²) in [4.78, 5) is 18.5. The van der Waals surface area contributed by atoms with Gasteiger partial charge in [0.1, 0.15) is 17.6 Å². The number of hydrogen-bond acceptors (Lipinski definition) is 5. The Bertz CT molecular complexity index is 1410. The third-order valence-corrected chi connectivity index (χ3v) is 6.47. The molecule has 4 aromatic rings. The number of nitrogens with zero attached hydrogens (tertiary/aromatic N) is 2. The maximum atomic E-state index is 14.6. The van der Waals surface area contributed by atoms with E-state index in [4.69, 9.17) is 15.5 Å². The van der Waals surface area contributed by atoms with Crippen LogP contribution in [0, 0.1) is 12.7 Å². The van der Waals surface area contributed by atoms with Crippen LogP contribution in [-0.2, 0) is 12.8 Å². The van der Waals surface area contributed by atoms with Gasteiger partial charge in [-0.3, -0.25) is 5.32 Å². The summed E-state index contributed by atoms with van der Waals surface area (Å²) in [7, 11) is 0. The van der Waals surface area contributed by atoms with E-state index < -0.39 is 11.9 Å². The number of aromatic nitrogens is 2. The summed E-state index contributed by atoms with van der Waals surface area (Å²) in [6.07, 6.45) is 3.36. The molecule has 3 N–H and O–H groups in total. The topological polar surface area (TPSA) is 81.1 Å². The first-order chi connectivity index (χ1) is 18.0. The van der Waals surface area contributed by atoms with E-state index in [-0.39, 0.29) is 11.7 Å². The Kier molecular flexibility index (Phi) is 7.23. The van der Waals surface area contributed by atoms with Crippen LogP contribution < -0.4 is 20.4 Å². The Hall–Kier alpha value is -4.10. The van der Waals surface area contributed by atoms with Crippen molar-refractivity contribution in [3.05, 3.63) is 107 Å². The number of hydrogen-bond donors (Lipinski definition) is 2. The minimum absolute atomic E-state index is 0.0937. The SMILES string of the molecule is Cc1ccc(-c2c[n+]3c(c(Cc4ccccc4)n2)NC(Cc2ccc(OCCCN)c(F)c2)C3=O)cc1. The van der Waals surface area contributed by atoms with Crippen molar-refractivity contribution in [2.45, 2.75) is 32.2 Å². The van der Waals surface area contributed by atoms with Gasteiger partial charge >= 0.3 is 11.7 Å². The quantitative estimate of drug-likeness (QED) is 0.263. The fraction of sp³-hybridized carbons (Fsp3) is 0.233. The molecule has 1 aliphatic heterocycles. The van der Waals surface area contributed by atoms with Crippen LogP contribution in [0.4, 0.5) is 10.2 Å². The maximum absolute atomic E-state index is 14.6. The number of benzene rings is 3. The molecule has 1 aromatic heterocycles. The minimum Gasteiger partial charge on any atom is -0.490 e. The summed E-state index contributed by atoms with van der Waals surface area (Å²) in [5, 5.41) is 3.37. The minimum atomic E-state index is -0.534. The van der Waals surface area contributed by atoms with Crippen LogP contribution in [0.15, 0.2) is 79.0 Å². The normalized spacial score (nSPS) is 14.4. The van der Waals surface area contributed by atoms with Crippen molar-refractivity contribution in [2.75, 3.05) is 18.5 Å². The predicted molar refractivity (Wildman–Crippen MR) is 141 cm³/mol. The van der Waals surface area contributed by atoms with Gasteiger partial charge in [0.25, 0.3) is 0 Å². The van der Waals surface area contributed by atoms with Gasteiger partial charge < -0.3 is 10.5 Å². The number of halogens is 1. The Morgan fingerprint density at radius 3 is 2.57 bits per heavy atom. The molecule has 0 spiro atoms. The standard InChI is InChI=1S/C30H29FN4O2/c1-20-8-11-23(12-9-20)27-19-35-29(25(33-27)17-21-6-3-2-4-7-21)34-26(30(35)36)18-22-10-13-28(24(31)16-22)37-15-5-14-32/h2-4,6-13,16,19,26H,5,14-15,17-18,32H2,1H3/p+1. The molecule has 2 heterocycles. The lowest BCUT2D eigenvalue weighted by atomic mass is 10.1. The van der Waals surface area contributed by atoms with Crippen LogP contribution in [0.5, 0.6) is 5.75 Å². The van der Waals surface area contributed by atoms with Crippen molar-refractivity contribution in [2.24, 2.45) is 5.73 Å². The summed E-state index contributed by atoms with van der Waals surface area (Å²) >= 11 is 0. The second kappa shape index (κ2) is 10.9. The van der Waals surface area contributed by atoms with Crippen molar-refractivity contribution in [1.29, 1.82) is 0 Å². The highest BCUT2D eigenvalue weighted by molar-refractivity contribution is 5.82. The Labute approximate surface area is 215 Å². The fourth-order valence-corrected chi connectivity index (χ4v) is 4.48. The Morgan fingerprint density at radius 2 is 1.84 bits per heavy atom. The molecular formula is C30H30FN4O2+. The van der Waals surface area contributed by atoms with Gasteiger partial charge in [0.15, 0.2) is 17.6 Å². The molecule has 0 fully saturated rings. The average molecular weight is 498 g/mol. The lowest BCUT2D eigenvalue weighted by Gasteiger charge is -2.09. The predicted octanol–water partition coefficient (Wildman–Crippen LogP) is 4.48. The van der Waals surface area contributed by atoms with Gasteiger partial charge in [-0.2, -0.15) is 4.57 Å². The third kappa shape index (κ3) is 5.52. The molecule has 0 radical (unpaired) electrons. The van der Waals surface area contributed by atoms with Crippen molar-refractivity contribution >= 4 is 11.7 Å². The largest absolute Gasteiger partial charge is 0.490 e. The van der Waals surface area contributed by atoms with Crippen molar-refractivity contribution in [3.8, 4) is 17.0 Å². The summed E-state index contributed by atoms with van der Waals surface area (Å²) in [5.74, 6) is 0.330. The highest BCUT2D eigenvalue weighted by atomic mass is 19.1. The summed E-state index contributed by atoms with van der Waals surface area (Å²) in [6, 6.07) is 22.5. The number of ether oxygens (including phenoxy) is 1. The lowest BCUT2D eigenvalue weighted by molar-refractivity contribution is -0.552. The van der Waals surface area contributed by atoms with E-state index in [0.29, 0.717) is 43.8 Å². The van der Waals surface area contributed by atoms with Gasteiger partial charge in [0.2, 0.25) is 0 Å². The monoisotopic (exact) mass is 497 g/mol. The van der Waals surface area contributed by atoms with Gasteiger partial charge in [-0.15, -0.1) is 0 Å². The van der Waals surface area contributed by atoms with Gasteiger partial charge in [-0.1, -0.05) is 66.2 Å². The molecule has 7 heteroatoms. The highest BCUT2D eigenvalue weighted by Crippen LogP contribution is 2.26.